The highest BCUT2D eigenvalue weighted by molar-refractivity contribution is 7.14. The van der Waals surface area contributed by atoms with Crippen molar-refractivity contribution in [3.8, 4) is 11.3 Å². The Kier molecular flexibility index (Phi) is 2.93. The SMILES string of the molecule is CNc1nc(-c2c(C)cc(C)n(C3CC3)c2=O)cs1. The van der Waals surface area contributed by atoms with Crippen LogP contribution >= 0.6 is 11.3 Å². The first-order valence-corrected chi connectivity index (χ1v) is 7.36. The Bertz CT molecular complexity index is 682. The molecule has 0 atom stereocenters. The number of hydrogen-bond donors (Lipinski definition) is 1. The van der Waals surface area contributed by atoms with Gasteiger partial charge >= 0.3 is 0 Å². The van der Waals surface area contributed by atoms with E-state index < -0.39 is 0 Å². The predicted octanol–water partition coefficient (Wildman–Crippen LogP) is 2.97. The molecule has 0 bridgehead atoms. The lowest BCUT2D eigenvalue weighted by molar-refractivity contribution is 0.681. The number of aryl methyl sites for hydroxylation is 2. The summed E-state index contributed by atoms with van der Waals surface area (Å²) in [6.07, 6.45) is 2.23. The van der Waals surface area contributed by atoms with Crippen LogP contribution < -0.4 is 10.9 Å². The van der Waals surface area contributed by atoms with E-state index in [2.05, 4.69) is 16.4 Å². The molecule has 4 nitrogen and oxygen atoms in total. The lowest BCUT2D eigenvalue weighted by Crippen LogP contribution is -2.24. The second kappa shape index (κ2) is 4.49. The van der Waals surface area contributed by atoms with E-state index in [9.17, 15) is 4.79 Å². The molecule has 0 unspecified atom stereocenters. The third kappa shape index (κ3) is 2.08. The molecule has 0 aliphatic heterocycles. The summed E-state index contributed by atoms with van der Waals surface area (Å²) in [6, 6.07) is 2.49. The highest BCUT2D eigenvalue weighted by Gasteiger charge is 2.27. The van der Waals surface area contributed by atoms with Crippen molar-refractivity contribution in [3.63, 3.8) is 0 Å². The maximum Gasteiger partial charge on any atom is 0.260 e. The molecule has 0 aromatic carbocycles. The molecule has 0 radical (unpaired) electrons. The van der Waals surface area contributed by atoms with Gasteiger partial charge in [0.05, 0.1) is 11.3 Å². The van der Waals surface area contributed by atoms with Gasteiger partial charge in [-0.3, -0.25) is 4.79 Å². The third-order valence-corrected chi connectivity index (χ3v) is 4.38. The summed E-state index contributed by atoms with van der Waals surface area (Å²) in [6.45, 7) is 4.00. The first-order chi connectivity index (χ1) is 9.11. The van der Waals surface area contributed by atoms with E-state index in [0.29, 0.717) is 6.04 Å². The molecule has 1 fully saturated rings. The first kappa shape index (κ1) is 12.4. The summed E-state index contributed by atoms with van der Waals surface area (Å²) >= 11 is 1.53. The molecule has 3 rings (SSSR count). The fraction of sp³-hybridized carbons (Fsp3) is 0.429. The van der Waals surface area contributed by atoms with Crippen LogP contribution in [0.3, 0.4) is 0 Å². The minimum absolute atomic E-state index is 0.105. The number of pyridine rings is 1. The number of nitrogens with one attached hydrogen (secondary N) is 1. The number of thiazole rings is 1. The van der Waals surface area contributed by atoms with Gasteiger partial charge in [0.15, 0.2) is 5.13 Å². The number of rotatable bonds is 3. The number of aromatic nitrogens is 2. The van der Waals surface area contributed by atoms with Crippen molar-refractivity contribution in [1.82, 2.24) is 9.55 Å². The molecule has 1 aliphatic carbocycles. The summed E-state index contributed by atoms with van der Waals surface area (Å²) < 4.78 is 1.93. The lowest BCUT2D eigenvalue weighted by Gasteiger charge is -2.12. The van der Waals surface area contributed by atoms with Crippen molar-refractivity contribution in [2.24, 2.45) is 0 Å². The normalized spacial score (nSPS) is 14.7. The Balaban J connectivity index is 2.20. The zero-order valence-electron chi connectivity index (χ0n) is 11.4. The van der Waals surface area contributed by atoms with Gasteiger partial charge in [-0.05, 0) is 38.3 Å². The van der Waals surface area contributed by atoms with Gasteiger partial charge < -0.3 is 9.88 Å². The van der Waals surface area contributed by atoms with Crippen molar-refractivity contribution in [2.75, 3.05) is 12.4 Å². The maximum absolute atomic E-state index is 12.7. The molecule has 2 heterocycles. The molecule has 1 aliphatic rings. The van der Waals surface area contributed by atoms with Gasteiger partial charge in [0.1, 0.15) is 0 Å². The summed E-state index contributed by atoms with van der Waals surface area (Å²) in [5.41, 5.74) is 3.69. The van der Waals surface area contributed by atoms with Gasteiger partial charge in [-0.1, -0.05) is 0 Å². The Labute approximate surface area is 116 Å². The van der Waals surface area contributed by atoms with E-state index in [0.717, 1.165) is 40.5 Å². The highest BCUT2D eigenvalue weighted by Crippen LogP contribution is 2.35. The molecular formula is C14H17N3OS. The molecule has 1 N–H and O–H groups in total. The minimum atomic E-state index is 0.105. The molecule has 0 saturated heterocycles. The van der Waals surface area contributed by atoms with E-state index in [1.165, 1.54) is 11.3 Å². The average molecular weight is 275 g/mol. The molecule has 19 heavy (non-hydrogen) atoms. The molecule has 2 aromatic heterocycles. The Morgan fingerprint density at radius 1 is 1.42 bits per heavy atom. The van der Waals surface area contributed by atoms with E-state index in [-0.39, 0.29) is 5.56 Å². The zero-order valence-corrected chi connectivity index (χ0v) is 12.2. The first-order valence-electron chi connectivity index (χ1n) is 6.48. The Morgan fingerprint density at radius 3 is 2.74 bits per heavy atom. The van der Waals surface area contributed by atoms with Crippen LogP contribution in [0.4, 0.5) is 5.13 Å². The molecule has 0 amide bonds. The lowest BCUT2D eigenvalue weighted by atomic mass is 10.1. The van der Waals surface area contributed by atoms with Crippen LogP contribution in [0.1, 0.15) is 30.1 Å². The number of hydrogen-bond acceptors (Lipinski definition) is 4. The average Bonchev–Trinajstić information content (AvgIpc) is 3.06. The number of nitrogens with zero attached hydrogens (tertiary/aromatic N) is 2. The summed E-state index contributed by atoms with van der Waals surface area (Å²) in [4.78, 5) is 17.2. The molecule has 100 valence electrons. The summed E-state index contributed by atoms with van der Waals surface area (Å²) in [5.74, 6) is 0. The van der Waals surface area contributed by atoms with Crippen molar-refractivity contribution in [2.45, 2.75) is 32.7 Å². The van der Waals surface area contributed by atoms with Gasteiger partial charge in [0.2, 0.25) is 0 Å². The van der Waals surface area contributed by atoms with Crippen LogP contribution in [-0.4, -0.2) is 16.6 Å². The van der Waals surface area contributed by atoms with Crippen LogP contribution in [0.15, 0.2) is 16.2 Å². The topological polar surface area (TPSA) is 46.9 Å². The molecule has 2 aromatic rings. The monoisotopic (exact) mass is 275 g/mol. The summed E-state index contributed by atoms with van der Waals surface area (Å²) in [7, 11) is 1.84. The van der Waals surface area contributed by atoms with E-state index in [1.807, 2.05) is 30.8 Å². The van der Waals surface area contributed by atoms with E-state index >= 15 is 0 Å². The van der Waals surface area contributed by atoms with Crippen LogP contribution in [0.5, 0.6) is 0 Å². The molecule has 5 heteroatoms. The molecule has 0 spiro atoms. The minimum Gasteiger partial charge on any atom is -0.365 e. The standard InChI is InChI=1S/C14H17N3OS/c1-8-6-9(2)17(10-4-5-10)13(18)12(8)11-7-19-14(15-3)16-11/h6-7,10H,4-5H2,1-3H3,(H,15,16). The van der Waals surface area contributed by atoms with Crippen LogP contribution in [0, 0.1) is 13.8 Å². The van der Waals surface area contributed by atoms with Gasteiger partial charge in [0.25, 0.3) is 5.56 Å². The smallest absolute Gasteiger partial charge is 0.260 e. The predicted molar refractivity (Wildman–Crippen MR) is 79.1 cm³/mol. The quantitative estimate of drug-likeness (QED) is 0.936. The third-order valence-electron chi connectivity index (χ3n) is 3.52. The van der Waals surface area contributed by atoms with Crippen LogP contribution in [-0.2, 0) is 0 Å². The fourth-order valence-electron chi connectivity index (χ4n) is 2.51. The fourth-order valence-corrected chi connectivity index (χ4v) is 3.17. The second-order valence-corrected chi connectivity index (χ2v) is 5.90. The Hall–Kier alpha value is -1.62. The maximum atomic E-state index is 12.7. The van der Waals surface area contributed by atoms with Gasteiger partial charge in [-0.15, -0.1) is 11.3 Å². The van der Waals surface area contributed by atoms with Crippen molar-refractivity contribution >= 4 is 16.5 Å². The zero-order chi connectivity index (χ0) is 13.6. The summed E-state index contributed by atoms with van der Waals surface area (Å²) in [5, 5.41) is 5.80. The van der Waals surface area contributed by atoms with E-state index in [4.69, 9.17) is 0 Å². The van der Waals surface area contributed by atoms with Gasteiger partial charge in [-0.2, -0.15) is 0 Å². The van der Waals surface area contributed by atoms with Gasteiger partial charge in [0, 0.05) is 24.2 Å². The highest BCUT2D eigenvalue weighted by atomic mass is 32.1. The van der Waals surface area contributed by atoms with Crippen LogP contribution in [0.2, 0.25) is 0 Å². The largest absolute Gasteiger partial charge is 0.365 e. The van der Waals surface area contributed by atoms with Crippen molar-refractivity contribution < 1.29 is 0 Å². The van der Waals surface area contributed by atoms with Crippen LogP contribution in [0.25, 0.3) is 11.3 Å². The van der Waals surface area contributed by atoms with E-state index in [1.54, 1.807) is 0 Å². The molecular weight excluding hydrogens is 258 g/mol. The second-order valence-electron chi connectivity index (χ2n) is 5.04. The van der Waals surface area contributed by atoms with Crippen molar-refractivity contribution in [3.05, 3.63) is 33.1 Å². The van der Waals surface area contributed by atoms with Gasteiger partial charge in [-0.25, -0.2) is 4.98 Å². The number of anilines is 1. The molecule has 1 saturated carbocycles. The van der Waals surface area contributed by atoms with Crippen molar-refractivity contribution in [1.29, 1.82) is 0 Å². The Morgan fingerprint density at radius 2 is 2.16 bits per heavy atom.